The molecule has 0 unspecified atom stereocenters. The van der Waals surface area contributed by atoms with Gasteiger partial charge in [-0.2, -0.15) is 0 Å². The molecule has 24 heavy (non-hydrogen) atoms. The molecule has 2 heteroatoms. The van der Waals surface area contributed by atoms with Crippen molar-refractivity contribution in [3.63, 3.8) is 0 Å². The van der Waals surface area contributed by atoms with E-state index in [0.717, 1.165) is 45.8 Å². The summed E-state index contributed by atoms with van der Waals surface area (Å²) >= 11 is 3.24. The van der Waals surface area contributed by atoms with Gasteiger partial charge in [-0.15, -0.1) is 0 Å². The van der Waals surface area contributed by atoms with Gasteiger partial charge in [0.05, 0.1) is 21.4 Å². The molecule has 8 rings (SSSR count). The zero-order valence-electron chi connectivity index (χ0n) is 15.5. The SMILES string of the molecule is CC[P+](I)(C12CC3CC(CC(C3)C1)C2)C12CC3CC(CC(C3)C1)C2. The van der Waals surface area contributed by atoms with Crippen molar-refractivity contribution in [2.75, 3.05) is 6.16 Å². The smallest absolute Gasteiger partial charge is 0.0472 e. The third kappa shape index (κ3) is 1.96. The van der Waals surface area contributed by atoms with Crippen LogP contribution in [0.15, 0.2) is 0 Å². The predicted molar refractivity (Wildman–Crippen MR) is 113 cm³/mol. The van der Waals surface area contributed by atoms with Crippen molar-refractivity contribution in [3.8, 4) is 0 Å². The Bertz CT molecular complexity index is 438. The van der Waals surface area contributed by atoms with Gasteiger partial charge in [-0.25, -0.2) is 0 Å². The molecule has 0 N–H and O–H groups in total. The van der Waals surface area contributed by atoms with Crippen molar-refractivity contribution in [2.45, 2.75) is 94.3 Å². The Morgan fingerprint density at radius 3 is 1.08 bits per heavy atom. The van der Waals surface area contributed by atoms with Crippen LogP contribution in [0.1, 0.15) is 84.0 Å². The van der Waals surface area contributed by atoms with E-state index in [0.29, 0.717) is 0 Å². The van der Waals surface area contributed by atoms with Crippen LogP contribution < -0.4 is 0 Å². The first-order valence-corrected chi connectivity index (χ1v) is 15.9. The Morgan fingerprint density at radius 2 is 0.875 bits per heavy atom. The maximum absolute atomic E-state index is 3.24. The molecule has 0 spiro atoms. The van der Waals surface area contributed by atoms with Crippen molar-refractivity contribution in [2.24, 2.45) is 35.5 Å². The van der Waals surface area contributed by atoms with E-state index in [-0.39, 0.29) is 0 Å². The van der Waals surface area contributed by atoms with E-state index in [9.17, 15) is 0 Å². The highest BCUT2D eigenvalue weighted by Crippen LogP contribution is 2.92. The number of rotatable bonds is 3. The molecule has 134 valence electrons. The largest absolute Gasteiger partial charge is 0.155 e. The molecule has 0 atom stereocenters. The Labute approximate surface area is 162 Å². The highest BCUT2D eigenvalue weighted by molar-refractivity contribution is 14.2. The van der Waals surface area contributed by atoms with Gasteiger partial charge >= 0.3 is 0 Å². The molecule has 0 aromatic carbocycles. The Hall–Kier alpha value is 1.16. The summed E-state index contributed by atoms with van der Waals surface area (Å²) in [5.74, 6) is 6.87. The van der Waals surface area contributed by atoms with Crippen LogP contribution in [-0.4, -0.2) is 16.5 Å². The summed E-state index contributed by atoms with van der Waals surface area (Å²) in [5.41, 5.74) is 0. The molecule has 0 heterocycles. The fourth-order valence-corrected chi connectivity index (χ4v) is 19.4. The first kappa shape index (κ1) is 16.1. The third-order valence-corrected chi connectivity index (χ3v) is 23.1. The average Bonchev–Trinajstić information content (AvgIpc) is 2.51. The summed E-state index contributed by atoms with van der Waals surface area (Å²) in [5, 5.41) is 1.70. The monoisotopic (exact) mass is 457 g/mol. The summed E-state index contributed by atoms with van der Waals surface area (Å²) in [6.07, 6.45) is 21.4. The van der Waals surface area contributed by atoms with Crippen LogP contribution in [0.2, 0.25) is 0 Å². The van der Waals surface area contributed by atoms with E-state index < -0.39 is 4.90 Å². The van der Waals surface area contributed by atoms with Crippen molar-refractivity contribution < 1.29 is 0 Å². The second kappa shape index (κ2) is 5.15. The topological polar surface area (TPSA) is 0 Å². The molecule has 8 aliphatic carbocycles. The van der Waals surface area contributed by atoms with Crippen molar-refractivity contribution in [3.05, 3.63) is 0 Å². The molecule has 8 fully saturated rings. The van der Waals surface area contributed by atoms with Crippen LogP contribution in [0, 0.1) is 35.5 Å². The van der Waals surface area contributed by atoms with Gasteiger partial charge in [0.2, 0.25) is 0 Å². The van der Waals surface area contributed by atoms with Gasteiger partial charge in [0.1, 0.15) is 0 Å². The molecule has 0 aliphatic heterocycles. The summed E-state index contributed by atoms with van der Waals surface area (Å²) in [4.78, 5) is -0.879. The lowest BCUT2D eigenvalue weighted by atomic mass is 9.55. The molecule has 0 amide bonds. The normalized spacial score (nSPS) is 59.8. The number of halogens is 1. The fraction of sp³-hybridized carbons (Fsp3) is 1.00. The summed E-state index contributed by atoms with van der Waals surface area (Å²) < 4.78 is 0. The third-order valence-electron chi connectivity index (χ3n) is 9.95. The lowest BCUT2D eigenvalue weighted by molar-refractivity contribution is 0.0182. The number of hydrogen-bond donors (Lipinski definition) is 0. The van der Waals surface area contributed by atoms with Gasteiger partial charge in [-0.3, -0.25) is 0 Å². The first-order chi connectivity index (χ1) is 11.5. The van der Waals surface area contributed by atoms with Crippen LogP contribution in [0.5, 0.6) is 0 Å². The first-order valence-electron chi connectivity index (χ1n) is 11.1. The predicted octanol–water partition coefficient (Wildman–Crippen LogP) is 7.31. The molecule has 8 saturated carbocycles. The van der Waals surface area contributed by atoms with E-state index in [2.05, 4.69) is 29.0 Å². The summed E-state index contributed by atoms with van der Waals surface area (Å²) in [6, 6.07) is 0. The van der Waals surface area contributed by atoms with Crippen molar-refractivity contribution in [1.29, 1.82) is 0 Å². The van der Waals surface area contributed by atoms with Crippen LogP contribution in [0.3, 0.4) is 0 Å². The van der Waals surface area contributed by atoms with E-state index in [1.165, 1.54) is 0 Å². The van der Waals surface area contributed by atoms with Gasteiger partial charge in [-0.05, 0) is 119 Å². The summed E-state index contributed by atoms with van der Waals surface area (Å²) in [6.45, 7) is 2.64. The van der Waals surface area contributed by atoms with E-state index in [1.807, 2.05) is 0 Å². The van der Waals surface area contributed by atoms with Gasteiger partial charge in [0.25, 0.3) is 0 Å². The van der Waals surface area contributed by atoms with Crippen molar-refractivity contribution in [1.82, 2.24) is 0 Å². The molecule has 0 aromatic heterocycles. The second-order valence-corrected chi connectivity index (χ2v) is 20.2. The van der Waals surface area contributed by atoms with E-state index in [1.54, 1.807) is 83.2 Å². The molecular formula is C22H35IP+. The Kier molecular flexibility index (Phi) is 3.46. The highest BCUT2D eigenvalue weighted by Gasteiger charge is 2.74. The maximum Gasteiger partial charge on any atom is 0.155 e. The maximum atomic E-state index is 3.24. The van der Waals surface area contributed by atoms with Crippen LogP contribution in [-0.2, 0) is 0 Å². The standard InChI is InChI=1S/C22H35IP/c1-2-24(23,21-9-15-3-16(10-21)5-17(4-15)11-21)22-12-18-6-19(13-22)8-20(7-18)14-22/h15-20H,2-14H2,1H3/q+1. The highest BCUT2D eigenvalue weighted by atomic mass is 127. The minimum absolute atomic E-state index is 0.850. The lowest BCUT2D eigenvalue weighted by Gasteiger charge is -2.66. The average molecular weight is 457 g/mol. The minimum atomic E-state index is -0.879. The Balaban J connectivity index is 1.43. The van der Waals surface area contributed by atoms with E-state index >= 15 is 0 Å². The molecule has 0 saturated heterocycles. The zero-order valence-corrected chi connectivity index (χ0v) is 18.5. The van der Waals surface area contributed by atoms with Crippen LogP contribution >= 0.6 is 26.9 Å². The van der Waals surface area contributed by atoms with Gasteiger partial charge < -0.3 is 0 Å². The van der Waals surface area contributed by atoms with Crippen LogP contribution in [0.25, 0.3) is 0 Å². The van der Waals surface area contributed by atoms with Crippen LogP contribution in [0.4, 0.5) is 0 Å². The van der Waals surface area contributed by atoms with Gasteiger partial charge in [0.15, 0.2) is 22.0 Å². The molecular weight excluding hydrogens is 422 g/mol. The van der Waals surface area contributed by atoms with Crippen molar-refractivity contribution >= 4 is 26.9 Å². The number of hydrogen-bond acceptors (Lipinski definition) is 0. The Morgan fingerprint density at radius 1 is 0.625 bits per heavy atom. The molecule has 8 aliphatic rings. The van der Waals surface area contributed by atoms with Gasteiger partial charge in [-0.1, -0.05) is 0 Å². The molecule has 0 nitrogen and oxygen atoms in total. The second-order valence-electron chi connectivity index (χ2n) is 11.3. The molecule has 8 bridgehead atoms. The quantitative estimate of drug-likeness (QED) is 0.308. The summed E-state index contributed by atoms with van der Waals surface area (Å²) in [7, 11) is 0. The van der Waals surface area contributed by atoms with E-state index in [4.69, 9.17) is 0 Å². The fourth-order valence-electron chi connectivity index (χ4n) is 10.2. The minimum Gasteiger partial charge on any atom is -0.0472 e. The lowest BCUT2D eigenvalue weighted by Crippen LogP contribution is -2.58. The molecule has 0 radical (unpaired) electrons. The van der Waals surface area contributed by atoms with Gasteiger partial charge in [0, 0.05) is 0 Å². The zero-order chi connectivity index (χ0) is 16.2. The molecule has 0 aromatic rings.